The Hall–Kier alpha value is -0.820. The molecule has 0 saturated heterocycles. The van der Waals surface area contributed by atoms with E-state index in [1.807, 2.05) is 0 Å². The first kappa shape index (κ1) is 20.5. The molecule has 0 N–H and O–H groups in total. The quantitative estimate of drug-likeness (QED) is 0.416. The van der Waals surface area contributed by atoms with Crippen molar-refractivity contribution >= 4 is 67.2 Å². The zero-order valence-electron chi connectivity index (χ0n) is 14.9. The van der Waals surface area contributed by atoms with E-state index in [-0.39, 0.29) is 0 Å². The Bertz CT molecular complexity index is 647. The Kier molecular flexibility index (Phi) is 9.03. The Morgan fingerprint density at radius 2 is 0.920 bits per heavy atom. The third-order valence-electron chi connectivity index (χ3n) is 3.42. The molecule has 0 aliphatic heterocycles. The Labute approximate surface area is 167 Å². The van der Waals surface area contributed by atoms with Crippen molar-refractivity contribution < 1.29 is 0 Å². The fraction of sp³-hybridized carbons (Fsp3) is 0.263. The van der Waals surface area contributed by atoms with E-state index < -0.39 is 0 Å². The number of hydrogen-bond donors (Lipinski definition) is 0. The van der Waals surface area contributed by atoms with Crippen LogP contribution in [0.3, 0.4) is 0 Å². The van der Waals surface area contributed by atoms with Crippen molar-refractivity contribution in [3.05, 3.63) is 59.7 Å². The Morgan fingerprint density at radius 3 is 1.20 bits per heavy atom. The van der Waals surface area contributed by atoms with Gasteiger partial charge >= 0.3 is 0 Å². The van der Waals surface area contributed by atoms with Gasteiger partial charge < -0.3 is 0 Å². The van der Waals surface area contributed by atoms with Gasteiger partial charge in [-0.3, -0.25) is 0 Å². The highest BCUT2D eigenvalue weighted by Crippen LogP contribution is 2.23. The largest absolute Gasteiger partial charge is 0.235 e. The van der Waals surface area contributed by atoms with Crippen molar-refractivity contribution in [1.29, 1.82) is 0 Å². The summed E-state index contributed by atoms with van der Waals surface area (Å²) in [4.78, 5) is 9.25. The van der Waals surface area contributed by atoms with Crippen LogP contribution in [0.2, 0.25) is 0 Å². The van der Waals surface area contributed by atoms with Crippen molar-refractivity contribution in [3.8, 4) is 0 Å². The van der Waals surface area contributed by atoms with Crippen LogP contribution in [0.25, 0.3) is 0 Å². The lowest BCUT2D eigenvalue weighted by Gasteiger charge is -2.05. The summed E-state index contributed by atoms with van der Waals surface area (Å²) >= 11 is 6.72. The van der Waals surface area contributed by atoms with Gasteiger partial charge in [-0.15, -0.1) is 47.0 Å². The molecule has 132 valence electrons. The zero-order valence-corrected chi connectivity index (χ0v) is 18.1. The maximum atomic E-state index is 4.62. The van der Waals surface area contributed by atoms with Gasteiger partial charge in [0.2, 0.25) is 0 Å². The fourth-order valence-corrected chi connectivity index (χ4v) is 4.29. The van der Waals surface area contributed by atoms with Crippen LogP contribution in [0, 0.1) is 0 Å². The molecule has 0 spiro atoms. The minimum atomic E-state index is 0.920. The number of thioether (sulfide) groups is 4. The van der Waals surface area contributed by atoms with E-state index in [1.165, 1.54) is 11.1 Å². The van der Waals surface area contributed by atoms with Gasteiger partial charge in [0.05, 0.1) is 11.4 Å². The molecule has 2 aromatic rings. The number of rotatable bonds is 4. The first-order valence-electron chi connectivity index (χ1n) is 7.69. The lowest BCUT2D eigenvalue weighted by atomic mass is 10.0. The van der Waals surface area contributed by atoms with Gasteiger partial charge in [0.1, 0.15) is 8.75 Å². The van der Waals surface area contributed by atoms with Gasteiger partial charge in [0, 0.05) is 0 Å². The predicted octanol–water partition coefficient (Wildman–Crippen LogP) is 6.70. The van der Waals surface area contributed by atoms with E-state index in [0.29, 0.717) is 0 Å². The number of hydrogen-bond acceptors (Lipinski definition) is 6. The summed E-state index contributed by atoms with van der Waals surface area (Å²) < 4.78 is 2.16. The summed E-state index contributed by atoms with van der Waals surface area (Å²) in [6, 6.07) is 17.0. The average molecular weight is 407 g/mol. The van der Waals surface area contributed by atoms with Crippen molar-refractivity contribution in [2.75, 3.05) is 25.0 Å². The molecule has 0 aliphatic rings. The van der Waals surface area contributed by atoms with Crippen LogP contribution < -0.4 is 0 Å². The van der Waals surface area contributed by atoms with Gasteiger partial charge in [0.25, 0.3) is 0 Å². The average Bonchev–Trinajstić information content (AvgIpc) is 2.66. The monoisotopic (exact) mass is 406 g/mol. The third kappa shape index (κ3) is 6.77. The second kappa shape index (κ2) is 11.0. The summed E-state index contributed by atoms with van der Waals surface area (Å²) in [5.41, 5.74) is 4.60. The fourth-order valence-electron chi connectivity index (χ4n) is 2.17. The van der Waals surface area contributed by atoms with E-state index in [1.54, 1.807) is 47.0 Å². The normalized spacial score (nSPS) is 10.4. The first-order chi connectivity index (χ1) is 12.2. The molecule has 0 atom stereocenters. The van der Waals surface area contributed by atoms with E-state index in [2.05, 4.69) is 83.5 Å². The van der Waals surface area contributed by atoms with E-state index in [4.69, 9.17) is 0 Å². The topological polar surface area (TPSA) is 24.7 Å². The summed E-state index contributed by atoms with van der Waals surface area (Å²) in [5, 5.41) is 0. The molecule has 0 saturated carbocycles. The maximum Gasteiger partial charge on any atom is 0.130 e. The van der Waals surface area contributed by atoms with Gasteiger partial charge in [0.15, 0.2) is 0 Å². The van der Waals surface area contributed by atoms with Gasteiger partial charge in [-0.2, -0.15) is 0 Å². The molecule has 0 aromatic heterocycles. The minimum Gasteiger partial charge on any atom is -0.235 e. The van der Waals surface area contributed by atoms with Crippen LogP contribution in [0.5, 0.6) is 0 Å². The van der Waals surface area contributed by atoms with E-state index >= 15 is 0 Å². The molecular formula is C19H22N2S4. The third-order valence-corrected chi connectivity index (χ3v) is 7.18. The lowest BCUT2D eigenvalue weighted by molar-refractivity contribution is 1.19. The van der Waals surface area contributed by atoms with Gasteiger partial charge in [-0.05, 0) is 66.8 Å². The second-order valence-corrected chi connectivity index (χ2v) is 8.78. The van der Waals surface area contributed by atoms with Crippen LogP contribution >= 0.6 is 47.0 Å². The van der Waals surface area contributed by atoms with E-state index in [9.17, 15) is 0 Å². The van der Waals surface area contributed by atoms with Crippen molar-refractivity contribution in [3.63, 3.8) is 0 Å². The molecule has 2 nitrogen and oxygen atoms in total. The van der Waals surface area contributed by atoms with Crippen molar-refractivity contribution in [2.24, 2.45) is 9.98 Å². The molecule has 6 heteroatoms. The molecule has 2 rings (SSSR count). The van der Waals surface area contributed by atoms with Gasteiger partial charge in [-0.25, -0.2) is 9.98 Å². The molecule has 0 unspecified atom stereocenters. The number of benzene rings is 2. The molecular weight excluding hydrogens is 384 g/mol. The number of nitrogens with zero attached hydrogens (tertiary/aromatic N) is 2. The molecule has 0 fully saturated rings. The summed E-state index contributed by atoms with van der Waals surface area (Å²) in [7, 11) is 0. The SMILES string of the molecule is CSC(=Nc1ccc(Cc2ccc(N=C(SC)SC)cc2)cc1)SC. The summed E-state index contributed by atoms with van der Waals surface area (Å²) in [6.45, 7) is 0. The minimum absolute atomic E-state index is 0.920. The highest BCUT2D eigenvalue weighted by molar-refractivity contribution is 8.38. The summed E-state index contributed by atoms with van der Waals surface area (Å²) in [5.74, 6) is 0. The van der Waals surface area contributed by atoms with Crippen molar-refractivity contribution in [1.82, 2.24) is 0 Å². The Balaban J connectivity index is 2.05. The number of aliphatic imine (C=N–C) groups is 2. The molecule has 0 aliphatic carbocycles. The van der Waals surface area contributed by atoms with Crippen LogP contribution in [0.4, 0.5) is 11.4 Å². The van der Waals surface area contributed by atoms with Crippen LogP contribution in [-0.2, 0) is 6.42 Å². The first-order valence-corrected chi connectivity index (χ1v) is 12.6. The molecule has 0 bridgehead atoms. The molecule has 0 amide bonds. The highest BCUT2D eigenvalue weighted by atomic mass is 32.2. The molecule has 25 heavy (non-hydrogen) atoms. The maximum absolute atomic E-state index is 4.62. The molecule has 2 aromatic carbocycles. The molecule has 0 heterocycles. The smallest absolute Gasteiger partial charge is 0.130 e. The van der Waals surface area contributed by atoms with Crippen LogP contribution in [0.1, 0.15) is 11.1 Å². The highest BCUT2D eigenvalue weighted by Gasteiger charge is 2.00. The van der Waals surface area contributed by atoms with Crippen molar-refractivity contribution in [2.45, 2.75) is 6.42 Å². The lowest BCUT2D eigenvalue weighted by Crippen LogP contribution is -1.88. The van der Waals surface area contributed by atoms with Crippen LogP contribution in [-0.4, -0.2) is 33.8 Å². The predicted molar refractivity (Wildman–Crippen MR) is 124 cm³/mol. The second-order valence-electron chi connectivity index (χ2n) is 5.08. The standard InChI is InChI=1S/C19H22N2S4/c1-22-18(23-2)20-16-9-5-14(6-10-16)13-15-7-11-17(12-8-15)21-19(24-3)25-4/h5-12H,13H2,1-4H3. The van der Waals surface area contributed by atoms with Gasteiger partial charge in [-0.1, -0.05) is 24.3 Å². The van der Waals surface area contributed by atoms with Crippen LogP contribution in [0.15, 0.2) is 58.5 Å². The molecule has 0 radical (unpaired) electrons. The Morgan fingerprint density at radius 1 is 0.600 bits per heavy atom. The zero-order chi connectivity index (χ0) is 18.1. The summed E-state index contributed by atoms with van der Waals surface area (Å²) in [6.07, 6.45) is 9.14. The van der Waals surface area contributed by atoms with E-state index in [0.717, 1.165) is 26.5 Å².